The van der Waals surface area contributed by atoms with Crippen LogP contribution in [-0.4, -0.2) is 62.1 Å². The van der Waals surface area contributed by atoms with Crippen molar-refractivity contribution in [3.63, 3.8) is 0 Å². The maximum absolute atomic E-state index is 6.21. The minimum absolute atomic E-state index is 0.360. The fourth-order valence-electron chi connectivity index (χ4n) is 4.73. The van der Waals surface area contributed by atoms with E-state index in [2.05, 4.69) is 28.0 Å². The van der Waals surface area contributed by atoms with Crippen LogP contribution in [0.2, 0.25) is 0 Å². The van der Waals surface area contributed by atoms with E-state index < -0.39 is 0 Å². The van der Waals surface area contributed by atoms with Gasteiger partial charge in [-0.1, -0.05) is 12.1 Å². The number of aromatic nitrogens is 2. The molecule has 3 fully saturated rings. The third-order valence-electron chi connectivity index (χ3n) is 6.52. The van der Waals surface area contributed by atoms with Gasteiger partial charge < -0.3 is 19.3 Å². The number of benzene rings is 1. The van der Waals surface area contributed by atoms with E-state index in [1.165, 1.54) is 19.3 Å². The van der Waals surface area contributed by atoms with Crippen molar-refractivity contribution >= 4 is 22.7 Å². The van der Waals surface area contributed by atoms with Crippen LogP contribution in [0.1, 0.15) is 38.5 Å². The van der Waals surface area contributed by atoms with Crippen molar-refractivity contribution in [2.75, 3.05) is 55.8 Å². The van der Waals surface area contributed by atoms with Crippen LogP contribution < -0.4 is 9.80 Å². The second-order valence-electron chi connectivity index (χ2n) is 8.66. The fourth-order valence-corrected chi connectivity index (χ4v) is 4.73. The Morgan fingerprint density at radius 2 is 1.52 bits per heavy atom. The maximum Gasteiger partial charge on any atom is 0.172 e. The van der Waals surface area contributed by atoms with Crippen LogP contribution in [0.4, 0.5) is 11.6 Å². The van der Waals surface area contributed by atoms with E-state index in [-0.39, 0.29) is 0 Å². The highest BCUT2D eigenvalue weighted by molar-refractivity contribution is 5.81. The number of para-hydroxylation sites is 2. The van der Waals surface area contributed by atoms with E-state index in [1.807, 2.05) is 6.07 Å². The van der Waals surface area contributed by atoms with Gasteiger partial charge in [0.15, 0.2) is 11.6 Å². The van der Waals surface area contributed by atoms with Gasteiger partial charge in [-0.3, -0.25) is 0 Å². The molecular formula is C23H32N4O2. The van der Waals surface area contributed by atoms with E-state index in [0.29, 0.717) is 12.0 Å². The summed E-state index contributed by atoms with van der Waals surface area (Å²) in [5.41, 5.74) is 1.98. The summed E-state index contributed by atoms with van der Waals surface area (Å²) in [7, 11) is 0. The van der Waals surface area contributed by atoms with E-state index in [4.69, 9.17) is 19.4 Å². The fraction of sp³-hybridized carbons (Fsp3) is 0.652. The standard InChI is InChI=1S/C23H32N4O2/c1-4-11-26(12-5-1)22-23(25-21-7-3-2-6-20(21)24-22)27-13-8-19(9-14-27)29-17-18-10-15-28-16-18/h2-3,6-7,18-19H,1,4-5,8-17H2. The van der Waals surface area contributed by atoms with Crippen LogP contribution >= 0.6 is 0 Å². The summed E-state index contributed by atoms with van der Waals surface area (Å²) < 4.78 is 11.7. The Kier molecular flexibility index (Phi) is 5.81. The number of hydrogen-bond donors (Lipinski definition) is 0. The van der Waals surface area contributed by atoms with Crippen molar-refractivity contribution in [3.8, 4) is 0 Å². The monoisotopic (exact) mass is 396 g/mol. The summed E-state index contributed by atoms with van der Waals surface area (Å²) in [5, 5.41) is 0. The molecule has 6 heteroatoms. The molecule has 0 spiro atoms. The van der Waals surface area contributed by atoms with Gasteiger partial charge in [-0.2, -0.15) is 0 Å². The van der Waals surface area contributed by atoms with Gasteiger partial charge in [-0.25, -0.2) is 9.97 Å². The Morgan fingerprint density at radius 3 is 2.14 bits per heavy atom. The van der Waals surface area contributed by atoms with Crippen LogP contribution in [0.15, 0.2) is 24.3 Å². The van der Waals surface area contributed by atoms with Crippen LogP contribution in [0.5, 0.6) is 0 Å². The minimum atomic E-state index is 0.360. The number of rotatable bonds is 5. The number of fused-ring (bicyclic) bond motifs is 1. The molecule has 29 heavy (non-hydrogen) atoms. The van der Waals surface area contributed by atoms with Crippen molar-refractivity contribution in [2.45, 2.75) is 44.6 Å². The first-order valence-electron chi connectivity index (χ1n) is 11.3. The molecule has 0 N–H and O–H groups in total. The summed E-state index contributed by atoms with van der Waals surface area (Å²) in [6.07, 6.45) is 7.43. The molecule has 1 unspecified atom stereocenters. The Hall–Kier alpha value is -1.92. The van der Waals surface area contributed by atoms with Gasteiger partial charge in [-0.15, -0.1) is 0 Å². The van der Waals surface area contributed by atoms with Crippen molar-refractivity contribution in [1.29, 1.82) is 0 Å². The van der Waals surface area contributed by atoms with Gasteiger partial charge in [0.1, 0.15) is 0 Å². The van der Waals surface area contributed by atoms with Crippen LogP contribution in [0, 0.1) is 5.92 Å². The van der Waals surface area contributed by atoms with Crippen LogP contribution in [0.25, 0.3) is 11.0 Å². The Balaban J connectivity index is 1.31. The Bertz CT molecular complexity index is 810. The summed E-state index contributed by atoms with van der Waals surface area (Å²) >= 11 is 0. The molecule has 2 aromatic rings. The van der Waals surface area contributed by atoms with E-state index >= 15 is 0 Å². The molecule has 0 bridgehead atoms. The summed E-state index contributed by atoms with van der Waals surface area (Å²) in [6, 6.07) is 8.25. The lowest BCUT2D eigenvalue weighted by molar-refractivity contribution is 0.0131. The van der Waals surface area contributed by atoms with Gasteiger partial charge in [0.2, 0.25) is 0 Å². The highest BCUT2D eigenvalue weighted by Crippen LogP contribution is 2.32. The normalized spacial score (nSPS) is 23.8. The number of hydrogen-bond acceptors (Lipinski definition) is 6. The number of ether oxygens (including phenoxy) is 2. The molecule has 0 saturated carbocycles. The van der Waals surface area contributed by atoms with Crippen molar-refractivity contribution in [1.82, 2.24) is 9.97 Å². The first-order chi connectivity index (χ1) is 14.4. The molecular weight excluding hydrogens is 364 g/mol. The molecule has 1 atom stereocenters. The SMILES string of the molecule is c1ccc2nc(N3CCC(OCC4CCOC4)CC3)c(N3CCCCC3)nc2c1. The van der Waals surface area contributed by atoms with Gasteiger partial charge in [-0.05, 0) is 50.7 Å². The van der Waals surface area contributed by atoms with Gasteiger partial charge in [0.05, 0.1) is 30.4 Å². The van der Waals surface area contributed by atoms with Crippen LogP contribution in [0.3, 0.4) is 0 Å². The molecule has 5 rings (SSSR count). The first kappa shape index (κ1) is 19.1. The molecule has 0 radical (unpaired) electrons. The molecule has 3 saturated heterocycles. The van der Waals surface area contributed by atoms with Crippen molar-refractivity contribution in [3.05, 3.63) is 24.3 Å². The number of anilines is 2. The Labute approximate surface area is 173 Å². The lowest BCUT2D eigenvalue weighted by atomic mass is 10.1. The largest absolute Gasteiger partial charge is 0.381 e. The van der Waals surface area contributed by atoms with Gasteiger partial charge >= 0.3 is 0 Å². The van der Waals surface area contributed by atoms with Gasteiger partial charge in [0.25, 0.3) is 0 Å². The molecule has 3 aliphatic heterocycles. The molecule has 0 aliphatic carbocycles. The smallest absolute Gasteiger partial charge is 0.172 e. The summed E-state index contributed by atoms with van der Waals surface area (Å²) in [6.45, 7) is 6.75. The number of piperidine rings is 2. The quantitative estimate of drug-likeness (QED) is 0.769. The predicted octanol–water partition coefficient (Wildman–Crippen LogP) is 3.64. The van der Waals surface area contributed by atoms with Crippen molar-refractivity contribution in [2.24, 2.45) is 5.92 Å². The molecule has 4 heterocycles. The average molecular weight is 397 g/mol. The zero-order valence-electron chi connectivity index (χ0n) is 17.3. The summed E-state index contributed by atoms with van der Waals surface area (Å²) in [4.78, 5) is 15.0. The second kappa shape index (κ2) is 8.84. The van der Waals surface area contributed by atoms with Gasteiger partial charge in [0, 0.05) is 38.7 Å². The maximum atomic E-state index is 6.21. The molecule has 156 valence electrons. The topological polar surface area (TPSA) is 50.7 Å². The van der Waals surface area contributed by atoms with E-state index in [0.717, 1.165) is 87.9 Å². The third kappa shape index (κ3) is 4.33. The number of nitrogens with zero attached hydrogens (tertiary/aromatic N) is 4. The van der Waals surface area contributed by atoms with E-state index in [1.54, 1.807) is 0 Å². The van der Waals surface area contributed by atoms with Crippen molar-refractivity contribution < 1.29 is 9.47 Å². The molecule has 3 aliphatic rings. The van der Waals surface area contributed by atoms with Crippen LogP contribution in [-0.2, 0) is 9.47 Å². The lowest BCUT2D eigenvalue weighted by Gasteiger charge is -2.36. The second-order valence-corrected chi connectivity index (χ2v) is 8.66. The zero-order valence-corrected chi connectivity index (χ0v) is 17.3. The van der Waals surface area contributed by atoms with E-state index in [9.17, 15) is 0 Å². The first-order valence-corrected chi connectivity index (χ1v) is 11.3. The third-order valence-corrected chi connectivity index (χ3v) is 6.52. The average Bonchev–Trinajstić information content (AvgIpc) is 3.31. The molecule has 0 amide bonds. The molecule has 1 aromatic carbocycles. The minimum Gasteiger partial charge on any atom is -0.381 e. The highest BCUT2D eigenvalue weighted by Gasteiger charge is 2.27. The predicted molar refractivity (Wildman–Crippen MR) is 116 cm³/mol. The highest BCUT2D eigenvalue weighted by atomic mass is 16.5. The Morgan fingerprint density at radius 1 is 0.862 bits per heavy atom. The lowest BCUT2D eigenvalue weighted by Crippen LogP contribution is -2.40. The zero-order chi connectivity index (χ0) is 19.5. The summed E-state index contributed by atoms with van der Waals surface area (Å²) in [5.74, 6) is 2.73. The molecule has 1 aromatic heterocycles. The molecule has 6 nitrogen and oxygen atoms in total.